The molecule has 0 saturated carbocycles. The van der Waals surface area contributed by atoms with Gasteiger partial charge in [0.15, 0.2) is 5.78 Å². The van der Waals surface area contributed by atoms with Gasteiger partial charge in [0.25, 0.3) is 0 Å². The molecule has 3 aromatic carbocycles. The molecule has 0 bridgehead atoms. The number of ketones is 1. The number of para-hydroxylation sites is 1. The van der Waals surface area contributed by atoms with Crippen molar-refractivity contribution in [3.05, 3.63) is 95.4 Å². The van der Waals surface area contributed by atoms with Gasteiger partial charge in [-0.3, -0.25) is 14.8 Å². The summed E-state index contributed by atoms with van der Waals surface area (Å²) >= 11 is 0. The fourth-order valence-electron chi connectivity index (χ4n) is 6.45. The van der Waals surface area contributed by atoms with Gasteiger partial charge in [-0.05, 0) is 56.2 Å². The Balaban J connectivity index is 0.000000242. The van der Waals surface area contributed by atoms with Crippen LogP contribution in [0.5, 0.6) is 0 Å². The third-order valence-electron chi connectivity index (χ3n) is 10.6. The van der Waals surface area contributed by atoms with E-state index in [1.54, 1.807) is 0 Å². The molecule has 1 aliphatic carbocycles. The fourth-order valence-corrected chi connectivity index (χ4v) is 6.45. The number of aliphatic hydroxyl groups is 1. The zero-order chi connectivity index (χ0) is 33.4. The van der Waals surface area contributed by atoms with E-state index in [0.717, 1.165) is 59.1 Å². The second-order valence-electron chi connectivity index (χ2n) is 13.8. The minimum Gasteiger partial charge on any atom is -0.512 e. The summed E-state index contributed by atoms with van der Waals surface area (Å²) in [4.78, 5) is 21.7. The van der Waals surface area contributed by atoms with Crippen LogP contribution in [0.4, 0.5) is 0 Å². The van der Waals surface area contributed by atoms with E-state index in [2.05, 4.69) is 63.2 Å². The van der Waals surface area contributed by atoms with Crippen LogP contribution in [0.2, 0.25) is 0 Å². The molecule has 6 rings (SSSR count). The van der Waals surface area contributed by atoms with Gasteiger partial charge in [0, 0.05) is 59.5 Å². The van der Waals surface area contributed by atoms with E-state index in [4.69, 9.17) is 14.4 Å². The summed E-state index contributed by atoms with van der Waals surface area (Å²) in [6, 6.07) is 22.0. The van der Waals surface area contributed by atoms with Crippen LogP contribution in [0.1, 0.15) is 97.8 Å². The van der Waals surface area contributed by atoms with Crippen LogP contribution in [-0.4, -0.2) is 20.9 Å². The van der Waals surface area contributed by atoms with E-state index < -0.39 is 0 Å². The number of aliphatic hydroxyl groups excluding tert-OH is 1. The molecule has 6 heteroatoms. The Bertz CT molecular complexity index is 1940. The number of carbonyl (C=O) groups is 1. The molecular weight excluding hydrogens is 761 g/mol. The van der Waals surface area contributed by atoms with Gasteiger partial charge in [-0.2, -0.15) is 0 Å². The largest absolute Gasteiger partial charge is 0.512 e. The third-order valence-corrected chi connectivity index (χ3v) is 10.6. The maximum atomic E-state index is 12.2. The van der Waals surface area contributed by atoms with Crippen LogP contribution in [0, 0.1) is 23.8 Å². The second-order valence-corrected chi connectivity index (χ2v) is 13.8. The van der Waals surface area contributed by atoms with Gasteiger partial charge >= 0.3 is 0 Å². The van der Waals surface area contributed by atoms with E-state index in [1.807, 2.05) is 65.9 Å². The second kappa shape index (κ2) is 13.9. The van der Waals surface area contributed by atoms with E-state index in [0.29, 0.717) is 5.82 Å². The van der Waals surface area contributed by atoms with Crippen molar-refractivity contribution in [2.75, 3.05) is 0 Å². The van der Waals surface area contributed by atoms with E-state index in [9.17, 15) is 9.90 Å². The third kappa shape index (κ3) is 6.47. The van der Waals surface area contributed by atoms with Crippen molar-refractivity contribution >= 4 is 27.7 Å². The number of aromatic nitrogens is 2. The number of hydrogen-bond acceptors (Lipinski definition) is 5. The summed E-state index contributed by atoms with van der Waals surface area (Å²) < 4.78 is 6.29. The van der Waals surface area contributed by atoms with E-state index in [-0.39, 0.29) is 47.9 Å². The average Bonchev–Trinajstić information content (AvgIpc) is 3.57. The Morgan fingerprint density at radius 3 is 2.28 bits per heavy atom. The molecule has 47 heavy (non-hydrogen) atoms. The number of allylic oxidation sites excluding steroid dienone is 2. The first-order valence-corrected chi connectivity index (χ1v) is 16.6. The fraction of sp³-hybridized carbons (Fsp3) is 0.390. The summed E-state index contributed by atoms with van der Waals surface area (Å²) in [5.41, 5.74) is 6.75. The maximum absolute atomic E-state index is 12.2. The minimum atomic E-state index is -0.337. The van der Waals surface area contributed by atoms with Crippen LogP contribution in [0.25, 0.3) is 44.6 Å². The van der Waals surface area contributed by atoms with Gasteiger partial charge in [0.05, 0.1) is 11.3 Å². The molecule has 1 N–H and O–H groups in total. The molecule has 0 atom stereocenters. The molecule has 0 unspecified atom stereocenters. The Hall–Kier alpha value is -3.60. The zero-order valence-corrected chi connectivity index (χ0v) is 31.6. The SMILES string of the molecule is CCC(C)(CC)C(=O)/C=C(\O)C(C)(CC)CC.Cc1ccc2nc(-c3[c-]ccc4c3C(C)(C)c3c-4oc4ccccc34)ncc2c1.[Ir]. The number of rotatable bonds is 8. The molecule has 1 aliphatic rings. The standard InChI is InChI=1S/C26H19N2O.C15H28O2.Ir/c1-15-11-12-20-16(13-15)14-27-25(28-20)19-9-6-8-18-22(19)26(2,3)23-17-7-4-5-10-21(17)29-24(18)23;1-7-14(5,8-2)12(16)11-13(17)15(6,9-3)10-4;/h4-8,10-14H,1-3H3;11,16H,7-10H2,1-6H3;/q-1;;/b;12-11-;. The van der Waals surface area contributed by atoms with Crippen LogP contribution in [0.15, 0.2) is 77.0 Å². The molecule has 5 aromatic rings. The molecule has 249 valence electrons. The Morgan fingerprint density at radius 2 is 1.62 bits per heavy atom. The molecule has 0 aliphatic heterocycles. The van der Waals surface area contributed by atoms with Crippen LogP contribution in [-0.2, 0) is 30.3 Å². The van der Waals surface area contributed by atoms with Gasteiger partial charge in [0.1, 0.15) is 17.1 Å². The van der Waals surface area contributed by atoms with Crippen LogP contribution in [0.3, 0.4) is 0 Å². The number of hydrogen-bond donors (Lipinski definition) is 1. The first-order chi connectivity index (χ1) is 21.8. The normalized spacial score (nSPS) is 13.9. The van der Waals surface area contributed by atoms with Crippen molar-refractivity contribution < 1.29 is 34.4 Å². The van der Waals surface area contributed by atoms with Crippen molar-refractivity contribution in [3.63, 3.8) is 0 Å². The zero-order valence-electron chi connectivity index (χ0n) is 29.2. The number of carbonyl (C=O) groups excluding carboxylic acids is 1. The average molecular weight is 808 g/mol. The Kier molecular flexibility index (Phi) is 10.7. The molecule has 0 amide bonds. The van der Waals surface area contributed by atoms with E-state index >= 15 is 0 Å². The predicted molar refractivity (Wildman–Crippen MR) is 189 cm³/mol. The molecular formula is C41H47IrN2O3-. The Labute approximate surface area is 293 Å². The molecule has 1 radical (unpaired) electrons. The molecule has 5 nitrogen and oxygen atoms in total. The maximum Gasteiger partial charge on any atom is 0.164 e. The quantitative estimate of drug-likeness (QED) is 0.0960. The number of furan rings is 1. The monoisotopic (exact) mass is 808 g/mol. The van der Waals surface area contributed by atoms with Crippen molar-refractivity contribution in [1.82, 2.24) is 9.97 Å². The topological polar surface area (TPSA) is 76.2 Å². The Morgan fingerprint density at radius 1 is 0.957 bits per heavy atom. The van der Waals surface area contributed by atoms with Gasteiger partial charge in [-0.1, -0.05) is 90.8 Å². The van der Waals surface area contributed by atoms with Gasteiger partial charge < -0.3 is 9.52 Å². The molecule has 0 saturated heterocycles. The summed E-state index contributed by atoms with van der Waals surface area (Å²) in [5, 5.41) is 12.4. The van der Waals surface area contributed by atoms with Crippen molar-refractivity contribution in [1.29, 1.82) is 0 Å². The van der Waals surface area contributed by atoms with E-state index in [1.165, 1.54) is 28.2 Å². The first-order valence-electron chi connectivity index (χ1n) is 16.6. The summed E-state index contributed by atoms with van der Waals surface area (Å²) in [7, 11) is 0. The van der Waals surface area contributed by atoms with Crippen LogP contribution < -0.4 is 0 Å². The first kappa shape index (κ1) is 36.2. The number of benzene rings is 3. The van der Waals surface area contributed by atoms with Crippen molar-refractivity contribution in [2.45, 2.75) is 93.4 Å². The predicted octanol–water partition coefficient (Wildman–Crippen LogP) is 11.1. The summed E-state index contributed by atoms with van der Waals surface area (Å²) in [6.45, 7) is 18.7. The minimum absolute atomic E-state index is 0. The number of fused-ring (bicyclic) bond motifs is 6. The molecule has 2 heterocycles. The molecule has 2 aromatic heterocycles. The smallest absolute Gasteiger partial charge is 0.164 e. The van der Waals surface area contributed by atoms with Crippen molar-refractivity contribution in [3.8, 4) is 22.7 Å². The van der Waals surface area contributed by atoms with Crippen molar-refractivity contribution in [2.24, 2.45) is 10.8 Å². The summed E-state index contributed by atoms with van der Waals surface area (Å²) in [6.07, 6.45) is 6.66. The molecule has 0 spiro atoms. The number of nitrogens with zero attached hydrogens (tertiary/aromatic N) is 2. The molecule has 0 fully saturated rings. The van der Waals surface area contributed by atoms with Gasteiger partial charge in [-0.15, -0.1) is 29.3 Å². The van der Waals surface area contributed by atoms with Gasteiger partial charge in [0.2, 0.25) is 0 Å². The number of aryl methyl sites for hydroxylation is 1. The van der Waals surface area contributed by atoms with Gasteiger partial charge in [-0.25, -0.2) is 0 Å². The summed E-state index contributed by atoms with van der Waals surface area (Å²) in [5.74, 6) is 1.95. The van der Waals surface area contributed by atoms with Crippen LogP contribution >= 0.6 is 0 Å².